The highest BCUT2D eigenvalue weighted by Gasteiger charge is 2.29. The van der Waals surface area contributed by atoms with E-state index in [0.717, 1.165) is 32.1 Å². The zero-order chi connectivity index (χ0) is 20.9. The molecule has 1 aliphatic rings. The summed E-state index contributed by atoms with van der Waals surface area (Å²) in [6, 6.07) is 14.5. The van der Waals surface area contributed by atoms with Gasteiger partial charge in [-0.15, -0.1) is 0 Å². The van der Waals surface area contributed by atoms with E-state index in [1.165, 1.54) is 27.9 Å². The number of aryl methyl sites for hydroxylation is 1. The van der Waals surface area contributed by atoms with Gasteiger partial charge >= 0.3 is 0 Å². The third kappa shape index (κ3) is 5.25. The fourth-order valence-electron chi connectivity index (χ4n) is 3.91. The van der Waals surface area contributed by atoms with Crippen LogP contribution in [0.1, 0.15) is 53.6 Å². The molecule has 0 unspecified atom stereocenters. The summed E-state index contributed by atoms with van der Waals surface area (Å²) in [7, 11) is -1.96. The second-order valence-electron chi connectivity index (χ2n) is 7.77. The first kappa shape index (κ1) is 21.5. The Kier molecular flexibility index (Phi) is 7.09. The highest BCUT2D eigenvalue weighted by molar-refractivity contribution is 7.89. The maximum absolute atomic E-state index is 13.0. The molecule has 1 amide bonds. The third-order valence-corrected chi connectivity index (χ3v) is 7.71. The first-order valence-electron chi connectivity index (χ1n) is 10.3. The van der Waals surface area contributed by atoms with Gasteiger partial charge in [-0.1, -0.05) is 49.6 Å². The SMILES string of the molecule is Cc1ccccc1CCNC(=O)c1cccc(S(=O)(=O)N(C)C2CCCCC2)c1. The lowest BCUT2D eigenvalue weighted by Crippen LogP contribution is -2.38. The maximum Gasteiger partial charge on any atom is 0.251 e. The highest BCUT2D eigenvalue weighted by atomic mass is 32.2. The normalized spacial score (nSPS) is 15.4. The molecule has 1 fully saturated rings. The molecule has 0 radical (unpaired) electrons. The van der Waals surface area contributed by atoms with Crippen LogP contribution in [0.4, 0.5) is 0 Å². The number of hydrogen-bond donors (Lipinski definition) is 1. The lowest BCUT2D eigenvalue weighted by Gasteiger charge is -2.30. The van der Waals surface area contributed by atoms with Crippen LogP contribution in [0.15, 0.2) is 53.4 Å². The maximum atomic E-state index is 13.0. The predicted octanol–water partition coefficient (Wildman–Crippen LogP) is 3.92. The largest absolute Gasteiger partial charge is 0.352 e. The topological polar surface area (TPSA) is 66.5 Å². The lowest BCUT2D eigenvalue weighted by atomic mass is 9.96. The van der Waals surface area contributed by atoms with Gasteiger partial charge in [0.05, 0.1) is 4.90 Å². The number of rotatable bonds is 7. The number of nitrogens with zero attached hydrogens (tertiary/aromatic N) is 1. The fraction of sp³-hybridized carbons (Fsp3) is 0.435. The monoisotopic (exact) mass is 414 g/mol. The highest BCUT2D eigenvalue weighted by Crippen LogP contribution is 2.26. The van der Waals surface area contributed by atoms with Crippen LogP contribution in [-0.2, 0) is 16.4 Å². The van der Waals surface area contributed by atoms with Crippen molar-refractivity contribution in [2.75, 3.05) is 13.6 Å². The van der Waals surface area contributed by atoms with E-state index in [0.29, 0.717) is 12.1 Å². The van der Waals surface area contributed by atoms with E-state index in [1.54, 1.807) is 25.2 Å². The van der Waals surface area contributed by atoms with E-state index in [-0.39, 0.29) is 16.8 Å². The Hall–Kier alpha value is -2.18. The summed E-state index contributed by atoms with van der Waals surface area (Å²) >= 11 is 0. The summed E-state index contributed by atoms with van der Waals surface area (Å²) in [6.45, 7) is 2.55. The van der Waals surface area contributed by atoms with E-state index in [1.807, 2.05) is 25.1 Å². The molecule has 156 valence electrons. The number of nitrogens with one attached hydrogen (secondary N) is 1. The number of carbonyl (C=O) groups excluding carboxylic acids is 1. The second-order valence-corrected chi connectivity index (χ2v) is 9.77. The first-order valence-corrected chi connectivity index (χ1v) is 11.7. The van der Waals surface area contributed by atoms with E-state index in [9.17, 15) is 13.2 Å². The molecule has 29 heavy (non-hydrogen) atoms. The summed E-state index contributed by atoms with van der Waals surface area (Å²) in [5, 5.41) is 2.90. The zero-order valence-electron chi connectivity index (χ0n) is 17.2. The third-order valence-electron chi connectivity index (χ3n) is 5.80. The number of sulfonamides is 1. The molecule has 1 saturated carbocycles. The molecule has 1 N–H and O–H groups in total. The predicted molar refractivity (Wildman–Crippen MR) is 115 cm³/mol. The summed E-state index contributed by atoms with van der Waals surface area (Å²) < 4.78 is 27.6. The Morgan fingerprint density at radius 3 is 2.52 bits per heavy atom. The van der Waals surface area contributed by atoms with Gasteiger partial charge in [0.15, 0.2) is 0 Å². The molecular weight excluding hydrogens is 384 g/mol. The lowest BCUT2D eigenvalue weighted by molar-refractivity contribution is 0.0954. The molecule has 3 rings (SSSR count). The molecule has 2 aromatic carbocycles. The van der Waals surface area contributed by atoms with Gasteiger partial charge in [0, 0.05) is 25.2 Å². The molecule has 0 heterocycles. The van der Waals surface area contributed by atoms with Gasteiger partial charge in [0.2, 0.25) is 10.0 Å². The minimum atomic E-state index is -3.61. The number of amides is 1. The Labute approximate surface area is 174 Å². The Morgan fingerprint density at radius 2 is 1.79 bits per heavy atom. The van der Waals surface area contributed by atoms with Crippen LogP contribution in [0.5, 0.6) is 0 Å². The summed E-state index contributed by atoms with van der Waals surface area (Å²) in [5.41, 5.74) is 2.76. The molecule has 0 aliphatic heterocycles. The van der Waals surface area contributed by atoms with Gasteiger partial charge in [0.1, 0.15) is 0 Å². The minimum Gasteiger partial charge on any atom is -0.352 e. The van der Waals surface area contributed by atoms with Crippen LogP contribution in [0.3, 0.4) is 0 Å². The summed E-state index contributed by atoms with van der Waals surface area (Å²) in [6.07, 6.45) is 5.83. The standard InChI is InChI=1S/C23H30N2O3S/c1-18-9-6-7-10-19(18)15-16-24-23(26)20-11-8-14-22(17-20)29(27,28)25(2)21-12-4-3-5-13-21/h6-11,14,17,21H,3-5,12-13,15-16H2,1-2H3,(H,24,26). The van der Waals surface area contributed by atoms with Crippen LogP contribution < -0.4 is 5.32 Å². The number of benzene rings is 2. The van der Waals surface area contributed by atoms with Crippen LogP contribution in [-0.4, -0.2) is 38.3 Å². The molecule has 0 aromatic heterocycles. The number of hydrogen-bond acceptors (Lipinski definition) is 3. The molecule has 0 atom stereocenters. The molecule has 0 saturated heterocycles. The molecule has 2 aromatic rings. The van der Waals surface area contributed by atoms with Crippen LogP contribution >= 0.6 is 0 Å². The van der Waals surface area contributed by atoms with Crippen molar-refractivity contribution >= 4 is 15.9 Å². The van der Waals surface area contributed by atoms with Crippen molar-refractivity contribution < 1.29 is 13.2 Å². The van der Waals surface area contributed by atoms with Crippen molar-refractivity contribution in [1.82, 2.24) is 9.62 Å². The molecule has 5 nitrogen and oxygen atoms in total. The van der Waals surface area contributed by atoms with Gasteiger partial charge in [-0.2, -0.15) is 4.31 Å². The van der Waals surface area contributed by atoms with Crippen molar-refractivity contribution in [1.29, 1.82) is 0 Å². The van der Waals surface area contributed by atoms with Crippen molar-refractivity contribution in [3.05, 3.63) is 65.2 Å². The smallest absolute Gasteiger partial charge is 0.251 e. The average Bonchev–Trinajstić information content (AvgIpc) is 2.75. The Morgan fingerprint density at radius 1 is 1.07 bits per heavy atom. The van der Waals surface area contributed by atoms with Gasteiger partial charge < -0.3 is 5.32 Å². The molecular formula is C23H30N2O3S. The molecule has 0 bridgehead atoms. The fourth-order valence-corrected chi connectivity index (χ4v) is 5.37. The van der Waals surface area contributed by atoms with Crippen LogP contribution in [0.25, 0.3) is 0 Å². The van der Waals surface area contributed by atoms with Gasteiger partial charge in [-0.25, -0.2) is 8.42 Å². The average molecular weight is 415 g/mol. The van der Waals surface area contributed by atoms with Crippen molar-refractivity contribution in [2.45, 2.75) is 56.4 Å². The van der Waals surface area contributed by atoms with Crippen molar-refractivity contribution in [2.24, 2.45) is 0 Å². The second kappa shape index (κ2) is 9.55. The minimum absolute atomic E-state index is 0.0420. The van der Waals surface area contributed by atoms with E-state index < -0.39 is 10.0 Å². The molecule has 1 aliphatic carbocycles. The van der Waals surface area contributed by atoms with Crippen molar-refractivity contribution in [3.63, 3.8) is 0 Å². The van der Waals surface area contributed by atoms with Crippen LogP contribution in [0, 0.1) is 6.92 Å². The number of carbonyl (C=O) groups is 1. The van der Waals surface area contributed by atoms with Crippen molar-refractivity contribution in [3.8, 4) is 0 Å². The van der Waals surface area contributed by atoms with Gasteiger partial charge in [-0.3, -0.25) is 4.79 Å². The van der Waals surface area contributed by atoms with E-state index in [4.69, 9.17) is 0 Å². The zero-order valence-corrected chi connectivity index (χ0v) is 18.0. The first-order chi connectivity index (χ1) is 13.9. The summed E-state index contributed by atoms with van der Waals surface area (Å²) in [4.78, 5) is 12.7. The summed E-state index contributed by atoms with van der Waals surface area (Å²) in [5.74, 6) is -0.254. The van der Waals surface area contributed by atoms with Crippen LogP contribution in [0.2, 0.25) is 0 Å². The van der Waals surface area contributed by atoms with E-state index >= 15 is 0 Å². The Bertz CT molecular complexity index is 950. The van der Waals surface area contributed by atoms with E-state index in [2.05, 4.69) is 11.4 Å². The van der Waals surface area contributed by atoms with Gasteiger partial charge in [-0.05, 0) is 55.5 Å². The van der Waals surface area contributed by atoms with Gasteiger partial charge in [0.25, 0.3) is 5.91 Å². The quantitative estimate of drug-likeness (QED) is 0.747. The Balaban J connectivity index is 1.66. The molecule has 0 spiro atoms. The molecule has 6 heteroatoms.